The van der Waals surface area contributed by atoms with Crippen LogP contribution in [0.5, 0.6) is 0 Å². The molecular weight excluding hydrogens is 327 g/mol. The topological polar surface area (TPSA) is 9.72 Å². The molecule has 90 valence electrons. The Morgan fingerprint density at radius 1 is 1.07 bits per heavy atom. The van der Waals surface area contributed by atoms with Crippen molar-refractivity contribution in [2.24, 2.45) is 0 Å². The van der Waals surface area contributed by atoms with Gasteiger partial charge < -0.3 is 0 Å². The molecule has 0 saturated carbocycles. The molecule has 0 spiro atoms. The maximum atomic E-state index is 6.12. The number of hydrogen-bond acceptors (Lipinski definition) is 3. The van der Waals surface area contributed by atoms with Gasteiger partial charge in [0.05, 0.1) is 24.1 Å². The van der Waals surface area contributed by atoms with Crippen molar-refractivity contribution in [3.63, 3.8) is 0 Å². The molecular formula is C6H9Cl6N3. The summed E-state index contributed by atoms with van der Waals surface area (Å²) in [7, 11) is 0. The van der Waals surface area contributed by atoms with Gasteiger partial charge in [0.1, 0.15) is 6.17 Å². The van der Waals surface area contributed by atoms with Crippen LogP contribution in [-0.4, -0.2) is 49.4 Å². The second kappa shape index (κ2) is 6.53. The molecule has 0 aliphatic carbocycles. The highest BCUT2D eigenvalue weighted by molar-refractivity contribution is 6.34. The van der Waals surface area contributed by atoms with Gasteiger partial charge in [0.15, 0.2) is 0 Å². The molecule has 0 amide bonds. The van der Waals surface area contributed by atoms with Crippen LogP contribution in [0.2, 0.25) is 0 Å². The molecule has 2 unspecified atom stereocenters. The molecule has 0 radical (unpaired) electrons. The maximum absolute atomic E-state index is 6.12. The van der Waals surface area contributed by atoms with Crippen LogP contribution in [0.1, 0.15) is 0 Å². The minimum Gasteiger partial charge on any atom is -0.189 e. The summed E-state index contributed by atoms with van der Waals surface area (Å²) in [5.41, 5.74) is 0. The molecule has 3 nitrogen and oxygen atoms in total. The number of halogens is 6. The summed E-state index contributed by atoms with van der Waals surface area (Å²) < 4.78 is 4.20. The third kappa shape index (κ3) is 3.80. The molecule has 1 fully saturated rings. The van der Waals surface area contributed by atoms with Crippen molar-refractivity contribution in [2.75, 3.05) is 19.2 Å². The average molecular weight is 336 g/mol. The molecule has 1 saturated heterocycles. The molecule has 1 aliphatic rings. The molecule has 1 heterocycles. The van der Waals surface area contributed by atoms with E-state index in [0.29, 0.717) is 13.3 Å². The first-order valence-corrected chi connectivity index (χ1v) is 6.49. The van der Waals surface area contributed by atoms with Crippen LogP contribution in [0.15, 0.2) is 0 Å². The lowest BCUT2D eigenvalue weighted by molar-refractivity contribution is 0.0600. The second-order valence-electron chi connectivity index (χ2n) is 3.07. The predicted molar refractivity (Wildman–Crippen MR) is 66.6 cm³/mol. The fourth-order valence-corrected chi connectivity index (χ4v) is 3.21. The first kappa shape index (κ1) is 14.7. The summed E-state index contributed by atoms with van der Waals surface area (Å²) in [5.74, 6) is 0.228. The third-order valence-corrected chi connectivity index (χ3v) is 4.33. The predicted octanol–water partition coefficient (Wildman–Crippen LogP) is 3.06. The summed E-state index contributed by atoms with van der Waals surface area (Å²) in [6, 6.07) is 0. The van der Waals surface area contributed by atoms with Gasteiger partial charge in [-0.3, -0.25) is 0 Å². The zero-order valence-corrected chi connectivity index (χ0v) is 12.0. The van der Waals surface area contributed by atoms with Crippen molar-refractivity contribution in [1.29, 1.82) is 0 Å². The summed E-state index contributed by atoms with van der Waals surface area (Å²) in [4.78, 5) is 0. The zero-order valence-electron chi connectivity index (χ0n) is 7.46. The highest BCUT2D eigenvalue weighted by Crippen LogP contribution is 2.29. The molecule has 0 aromatic heterocycles. The van der Waals surface area contributed by atoms with Crippen molar-refractivity contribution in [1.82, 2.24) is 13.3 Å². The van der Waals surface area contributed by atoms with Gasteiger partial charge in [-0.05, 0) is 35.3 Å². The highest BCUT2D eigenvalue weighted by Gasteiger charge is 2.39. The number of hydrogen-bond donors (Lipinski definition) is 0. The van der Waals surface area contributed by atoms with Crippen molar-refractivity contribution < 1.29 is 0 Å². The zero-order chi connectivity index (χ0) is 11.6. The third-order valence-electron chi connectivity index (χ3n) is 1.93. The van der Waals surface area contributed by atoms with Crippen molar-refractivity contribution in [2.45, 2.75) is 16.9 Å². The summed E-state index contributed by atoms with van der Waals surface area (Å²) in [6.07, 6.45) is -0.411. The Labute approximate surface area is 119 Å². The van der Waals surface area contributed by atoms with E-state index in [-0.39, 0.29) is 5.88 Å². The standard InChI is InChI=1S/C6H9Cl6N3/c7-1-4(8)5(9)6-14(11)2-13(10)3-15(6)12/h4-6H,1-3H2. The molecule has 2 atom stereocenters. The molecule has 0 N–H and O–H groups in total. The van der Waals surface area contributed by atoms with Crippen LogP contribution in [0.25, 0.3) is 0 Å². The fraction of sp³-hybridized carbons (Fsp3) is 1.00. The van der Waals surface area contributed by atoms with Gasteiger partial charge in [-0.25, -0.2) is 0 Å². The van der Waals surface area contributed by atoms with Gasteiger partial charge in [0.25, 0.3) is 0 Å². The Hall–Kier alpha value is 1.62. The fourth-order valence-electron chi connectivity index (χ4n) is 1.22. The minimum absolute atomic E-state index is 0.228. The van der Waals surface area contributed by atoms with Crippen LogP contribution >= 0.6 is 70.1 Å². The van der Waals surface area contributed by atoms with E-state index < -0.39 is 16.9 Å². The van der Waals surface area contributed by atoms with Gasteiger partial charge in [0, 0.05) is 5.88 Å². The lowest BCUT2D eigenvalue weighted by Gasteiger charge is -2.41. The van der Waals surface area contributed by atoms with E-state index in [1.54, 1.807) is 0 Å². The van der Waals surface area contributed by atoms with E-state index in [9.17, 15) is 0 Å². The molecule has 0 aromatic rings. The largest absolute Gasteiger partial charge is 0.189 e. The van der Waals surface area contributed by atoms with Gasteiger partial charge in [-0.15, -0.1) is 34.8 Å². The first-order valence-electron chi connectivity index (χ1n) is 4.07. The van der Waals surface area contributed by atoms with Crippen molar-refractivity contribution in [3.8, 4) is 0 Å². The minimum atomic E-state index is -0.482. The molecule has 0 aromatic carbocycles. The summed E-state index contributed by atoms with van der Waals surface area (Å²) in [5, 5.41) is -0.896. The Balaban J connectivity index is 2.66. The van der Waals surface area contributed by atoms with Crippen LogP contribution in [0, 0.1) is 0 Å². The van der Waals surface area contributed by atoms with E-state index in [1.807, 2.05) is 0 Å². The van der Waals surface area contributed by atoms with Gasteiger partial charge in [-0.2, -0.15) is 13.3 Å². The number of rotatable bonds is 3. The summed E-state index contributed by atoms with van der Waals surface area (Å²) >= 11 is 35.4. The molecule has 9 heteroatoms. The maximum Gasteiger partial charge on any atom is 0.112 e. The van der Waals surface area contributed by atoms with E-state index in [1.165, 1.54) is 13.3 Å². The Morgan fingerprint density at radius 2 is 1.53 bits per heavy atom. The van der Waals surface area contributed by atoms with E-state index in [0.717, 1.165) is 0 Å². The Morgan fingerprint density at radius 3 is 1.93 bits per heavy atom. The molecule has 1 aliphatic heterocycles. The molecule has 0 bridgehead atoms. The lowest BCUT2D eigenvalue weighted by atomic mass is 10.2. The summed E-state index contributed by atoms with van der Waals surface area (Å²) in [6.45, 7) is 0.679. The van der Waals surface area contributed by atoms with E-state index >= 15 is 0 Å². The van der Waals surface area contributed by atoms with Crippen molar-refractivity contribution in [3.05, 3.63) is 0 Å². The lowest BCUT2D eigenvalue weighted by Crippen LogP contribution is -2.57. The quantitative estimate of drug-likeness (QED) is 0.580. The highest BCUT2D eigenvalue weighted by atomic mass is 35.5. The Bertz CT molecular complexity index is 195. The van der Waals surface area contributed by atoms with Crippen LogP contribution in [-0.2, 0) is 0 Å². The van der Waals surface area contributed by atoms with Gasteiger partial charge in [-0.1, -0.05) is 0 Å². The smallest absolute Gasteiger partial charge is 0.112 e. The monoisotopic (exact) mass is 333 g/mol. The van der Waals surface area contributed by atoms with E-state index in [2.05, 4.69) is 0 Å². The van der Waals surface area contributed by atoms with Crippen molar-refractivity contribution >= 4 is 70.1 Å². The molecule has 1 rings (SSSR count). The normalized spacial score (nSPS) is 26.8. The second-order valence-corrected chi connectivity index (χ2v) is 5.79. The molecule has 15 heavy (non-hydrogen) atoms. The van der Waals surface area contributed by atoms with E-state index in [4.69, 9.17) is 70.1 Å². The van der Waals surface area contributed by atoms with Crippen LogP contribution in [0.3, 0.4) is 0 Å². The van der Waals surface area contributed by atoms with Crippen LogP contribution in [0.4, 0.5) is 0 Å². The average Bonchev–Trinajstić information content (AvgIpc) is 2.14. The van der Waals surface area contributed by atoms with Gasteiger partial charge >= 0.3 is 0 Å². The first-order chi connectivity index (χ1) is 6.97. The van der Waals surface area contributed by atoms with Crippen LogP contribution < -0.4 is 0 Å². The Kier molecular flexibility index (Phi) is 6.39. The van der Waals surface area contributed by atoms with Gasteiger partial charge in [0.2, 0.25) is 0 Å². The number of nitrogens with zero attached hydrogens (tertiary/aromatic N) is 3. The SMILES string of the molecule is ClCC(Cl)C(Cl)C1N(Cl)CN(Cl)CN1Cl. The number of alkyl halides is 3.